The van der Waals surface area contributed by atoms with Gasteiger partial charge in [0.2, 0.25) is 5.89 Å². The van der Waals surface area contributed by atoms with Crippen molar-refractivity contribution in [3.8, 4) is 23.0 Å². The van der Waals surface area contributed by atoms with E-state index < -0.39 is 0 Å². The summed E-state index contributed by atoms with van der Waals surface area (Å²) in [4.78, 5) is 8.93. The summed E-state index contributed by atoms with van der Waals surface area (Å²) in [7, 11) is 1.49. The molecule has 0 aliphatic heterocycles. The first-order valence-electron chi connectivity index (χ1n) is 8.42. The highest BCUT2D eigenvalue weighted by molar-refractivity contribution is 9.10. The Bertz CT molecular complexity index is 1250. The van der Waals surface area contributed by atoms with Crippen LogP contribution < -0.4 is 4.74 Å². The number of halogens is 3. The number of phenols is 1. The Morgan fingerprint density at radius 1 is 1.17 bits per heavy atom. The number of aromatic nitrogens is 1. The highest BCUT2D eigenvalue weighted by Crippen LogP contribution is 2.36. The van der Waals surface area contributed by atoms with Crippen molar-refractivity contribution in [1.82, 2.24) is 4.98 Å². The van der Waals surface area contributed by atoms with Crippen molar-refractivity contribution in [3.05, 3.63) is 68.6 Å². The summed E-state index contributed by atoms with van der Waals surface area (Å²) in [5.41, 5.74) is 3.01. The van der Waals surface area contributed by atoms with Crippen LogP contribution in [0, 0.1) is 0 Å². The van der Waals surface area contributed by atoms with Crippen molar-refractivity contribution in [2.24, 2.45) is 4.99 Å². The SMILES string of the molecule is COc1cc(Br)cc(C=Nc2ccc3oc(-c4cccc(Cl)c4Cl)nc3c2)c1O. The number of fused-ring (bicyclic) bond motifs is 1. The maximum Gasteiger partial charge on any atom is 0.228 e. The molecule has 1 heterocycles. The molecule has 0 amide bonds. The predicted molar refractivity (Wildman–Crippen MR) is 119 cm³/mol. The summed E-state index contributed by atoms with van der Waals surface area (Å²) in [5.74, 6) is 0.749. The molecule has 0 atom stereocenters. The van der Waals surface area contributed by atoms with Crippen LogP contribution in [0.3, 0.4) is 0 Å². The molecule has 0 spiro atoms. The van der Waals surface area contributed by atoms with E-state index in [2.05, 4.69) is 25.9 Å². The fourth-order valence-electron chi connectivity index (χ4n) is 2.77. The van der Waals surface area contributed by atoms with Crippen LogP contribution >= 0.6 is 39.1 Å². The zero-order chi connectivity index (χ0) is 20.5. The van der Waals surface area contributed by atoms with Gasteiger partial charge in [-0.2, -0.15) is 0 Å². The van der Waals surface area contributed by atoms with E-state index in [0.29, 0.717) is 49.6 Å². The van der Waals surface area contributed by atoms with Gasteiger partial charge in [-0.3, -0.25) is 4.99 Å². The van der Waals surface area contributed by atoms with Gasteiger partial charge in [-0.1, -0.05) is 45.2 Å². The third kappa shape index (κ3) is 3.96. The molecule has 146 valence electrons. The molecule has 1 aromatic heterocycles. The van der Waals surface area contributed by atoms with Crippen molar-refractivity contribution >= 4 is 62.1 Å². The highest BCUT2D eigenvalue weighted by Gasteiger charge is 2.14. The molecule has 29 heavy (non-hydrogen) atoms. The van der Waals surface area contributed by atoms with Gasteiger partial charge in [-0.05, 0) is 42.5 Å². The Morgan fingerprint density at radius 3 is 2.79 bits per heavy atom. The van der Waals surface area contributed by atoms with Crippen LogP contribution in [-0.2, 0) is 0 Å². The molecule has 4 aromatic rings. The summed E-state index contributed by atoms with van der Waals surface area (Å²) in [6, 6.07) is 14.1. The fraction of sp³-hybridized carbons (Fsp3) is 0.0476. The molecule has 4 rings (SSSR count). The number of oxazole rings is 1. The third-order valence-corrected chi connectivity index (χ3v) is 5.47. The smallest absolute Gasteiger partial charge is 0.228 e. The number of ether oxygens (including phenoxy) is 1. The molecule has 0 fully saturated rings. The van der Waals surface area contributed by atoms with Gasteiger partial charge in [0, 0.05) is 16.3 Å². The quantitative estimate of drug-likeness (QED) is 0.311. The Kier molecular flexibility index (Phi) is 5.50. The minimum Gasteiger partial charge on any atom is -0.504 e. The van der Waals surface area contributed by atoms with E-state index in [1.807, 2.05) is 0 Å². The Hall–Kier alpha value is -2.54. The van der Waals surface area contributed by atoms with Crippen LogP contribution in [0.4, 0.5) is 5.69 Å². The summed E-state index contributed by atoms with van der Waals surface area (Å²) < 4.78 is 11.7. The molecule has 5 nitrogen and oxygen atoms in total. The van der Waals surface area contributed by atoms with Gasteiger partial charge in [0.05, 0.1) is 28.4 Å². The highest BCUT2D eigenvalue weighted by atomic mass is 79.9. The molecule has 0 aliphatic carbocycles. The number of aromatic hydroxyl groups is 1. The lowest BCUT2D eigenvalue weighted by Crippen LogP contribution is -1.89. The second-order valence-electron chi connectivity index (χ2n) is 6.08. The molecular formula is C21H13BrCl2N2O3. The average Bonchev–Trinajstić information content (AvgIpc) is 3.13. The number of benzene rings is 3. The predicted octanol–water partition coefficient (Wildman–Crippen LogP) is 7.03. The topological polar surface area (TPSA) is 67.9 Å². The van der Waals surface area contributed by atoms with Crippen molar-refractivity contribution in [2.75, 3.05) is 7.11 Å². The van der Waals surface area contributed by atoms with Gasteiger partial charge in [0.25, 0.3) is 0 Å². The maximum atomic E-state index is 10.3. The van der Waals surface area contributed by atoms with Gasteiger partial charge >= 0.3 is 0 Å². The monoisotopic (exact) mass is 490 g/mol. The minimum atomic E-state index is 0.0137. The number of hydrogen-bond donors (Lipinski definition) is 1. The van der Waals surface area contributed by atoms with Gasteiger partial charge in [0.15, 0.2) is 17.1 Å². The van der Waals surface area contributed by atoms with E-state index in [1.54, 1.807) is 54.7 Å². The van der Waals surface area contributed by atoms with Crippen molar-refractivity contribution < 1.29 is 14.3 Å². The van der Waals surface area contributed by atoms with Gasteiger partial charge in [-0.15, -0.1) is 0 Å². The normalized spacial score (nSPS) is 11.4. The summed E-state index contributed by atoms with van der Waals surface area (Å²) in [5, 5.41) is 11.1. The fourth-order valence-corrected chi connectivity index (χ4v) is 3.61. The maximum absolute atomic E-state index is 10.3. The largest absolute Gasteiger partial charge is 0.504 e. The average molecular weight is 492 g/mol. The Labute approximate surface area is 184 Å². The van der Waals surface area contributed by atoms with E-state index >= 15 is 0 Å². The first-order valence-corrected chi connectivity index (χ1v) is 9.96. The number of methoxy groups -OCH3 is 1. The lowest BCUT2D eigenvalue weighted by atomic mass is 10.2. The van der Waals surface area contributed by atoms with Gasteiger partial charge in [-0.25, -0.2) is 4.98 Å². The number of aliphatic imine (C=N–C) groups is 1. The molecule has 0 saturated heterocycles. The second-order valence-corrected chi connectivity index (χ2v) is 7.78. The van der Waals surface area contributed by atoms with Crippen LogP contribution in [0.2, 0.25) is 10.0 Å². The Balaban J connectivity index is 1.69. The third-order valence-electron chi connectivity index (χ3n) is 4.19. The van der Waals surface area contributed by atoms with Crippen LogP contribution in [-0.4, -0.2) is 23.4 Å². The van der Waals surface area contributed by atoms with Crippen LogP contribution in [0.25, 0.3) is 22.6 Å². The number of nitrogens with zero attached hydrogens (tertiary/aromatic N) is 2. The number of rotatable bonds is 4. The first kappa shape index (κ1) is 19.8. The Morgan fingerprint density at radius 2 is 2.00 bits per heavy atom. The van der Waals surface area contributed by atoms with Gasteiger partial charge < -0.3 is 14.3 Å². The van der Waals surface area contributed by atoms with Crippen molar-refractivity contribution in [1.29, 1.82) is 0 Å². The number of hydrogen-bond acceptors (Lipinski definition) is 5. The van der Waals surface area contributed by atoms with E-state index in [0.717, 1.165) is 4.47 Å². The molecule has 3 aromatic carbocycles. The molecule has 0 unspecified atom stereocenters. The molecule has 0 radical (unpaired) electrons. The van der Waals surface area contributed by atoms with E-state index in [4.69, 9.17) is 32.4 Å². The lowest BCUT2D eigenvalue weighted by Gasteiger charge is -2.06. The zero-order valence-corrected chi connectivity index (χ0v) is 18.1. The molecule has 1 N–H and O–H groups in total. The zero-order valence-electron chi connectivity index (χ0n) is 15.0. The molecule has 0 saturated carbocycles. The number of phenolic OH excluding ortho intramolecular Hbond substituents is 1. The lowest BCUT2D eigenvalue weighted by molar-refractivity contribution is 0.373. The van der Waals surface area contributed by atoms with Crippen LogP contribution in [0.15, 0.2) is 62.4 Å². The molecule has 0 bridgehead atoms. The first-order chi connectivity index (χ1) is 14.0. The summed E-state index contributed by atoms with van der Waals surface area (Å²) in [6.45, 7) is 0. The van der Waals surface area contributed by atoms with E-state index in [-0.39, 0.29) is 5.75 Å². The second kappa shape index (κ2) is 8.06. The summed E-state index contributed by atoms with van der Waals surface area (Å²) >= 11 is 15.7. The van der Waals surface area contributed by atoms with E-state index in [9.17, 15) is 5.11 Å². The van der Waals surface area contributed by atoms with Crippen molar-refractivity contribution in [3.63, 3.8) is 0 Å². The van der Waals surface area contributed by atoms with Gasteiger partial charge in [0.1, 0.15) is 5.52 Å². The van der Waals surface area contributed by atoms with E-state index in [1.165, 1.54) is 7.11 Å². The molecule has 0 aliphatic rings. The summed E-state index contributed by atoms with van der Waals surface area (Å²) in [6.07, 6.45) is 1.55. The van der Waals surface area contributed by atoms with Crippen LogP contribution in [0.1, 0.15) is 5.56 Å². The standard InChI is InChI=1S/C21H13BrCl2N2O3/c1-28-18-8-12(22)7-11(20(18)27)10-25-13-5-6-17-16(9-13)26-21(29-17)14-3-2-4-15(23)19(14)24/h2-10,27H,1H3. The van der Waals surface area contributed by atoms with Crippen molar-refractivity contribution in [2.45, 2.75) is 0 Å². The molecule has 8 heteroatoms. The minimum absolute atomic E-state index is 0.0137. The molecular weight excluding hydrogens is 479 g/mol. The van der Waals surface area contributed by atoms with Crippen LogP contribution in [0.5, 0.6) is 11.5 Å².